The lowest BCUT2D eigenvalue weighted by molar-refractivity contribution is -0.119. The van der Waals surface area contributed by atoms with Crippen LogP contribution in [0.4, 0.5) is 20.2 Å². The van der Waals surface area contributed by atoms with E-state index < -0.39 is 11.6 Å². The molecule has 0 unspecified atom stereocenters. The molecular formula is C22H25F2N3O. The molecule has 4 rings (SSSR count). The highest BCUT2D eigenvalue weighted by molar-refractivity contribution is 5.84. The van der Waals surface area contributed by atoms with Crippen LogP contribution in [0.25, 0.3) is 0 Å². The standard InChI is InChI=1S/C22H25F2N3O/c23-18-4-3-5-19(24)17(18)10-11-25-22(28)15-27-13-12-26(14-16-8-9-16)20-6-1-2-7-21(20)27/h1-7,16H,8-15H2,(H,25,28). The van der Waals surface area contributed by atoms with Crippen LogP contribution < -0.4 is 15.1 Å². The van der Waals surface area contributed by atoms with Gasteiger partial charge in [-0.1, -0.05) is 18.2 Å². The molecule has 1 fully saturated rings. The molecule has 6 heteroatoms. The normalized spacial score (nSPS) is 16.1. The van der Waals surface area contributed by atoms with Crippen molar-refractivity contribution in [2.45, 2.75) is 19.3 Å². The summed E-state index contributed by atoms with van der Waals surface area (Å²) < 4.78 is 27.4. The molecule has 1 amide bonds. The minimum atomic E-state index is -0.574. The van der Waals surface area contributed by atoms with E-state index in [1.54, 1.807) is 0 Å². The van der Waals surface area contributed by atoms with Crippen LogP contribution in [0, 0.1) is 17.6 Å². The highest BCUT2D eigenvalue weighted by Crippen LogP contribution is 2.37. The number of nitrogens with zero attached hydrogens (tertiary/aromatic N) is 2. The summed E-state index contributed by atoms with van der Waals surface area (Å²) in [7, 11) is 0. The van der Waals surface area contributed by atoms with Gasteiger partial charge in [0, 0.05) is 31.7 Å². The predicted molar refractivity (Wildman–Crippen MR) is 107 cm³/mol. The van der Waals surface area contributed by atoms with E-state index in [0.29, 0.717) is 0 Å². The number of carbonyl (C=O) groups excluding carboxylic acids is 1. The maximum absolute atomic E-state index is 13.7. The van der Waals surface area contributed by atoms with Crippen molar-refractivity contribution in [1.29, 1.82) is 0 Å². The largest absolute Gasteiger partial charge is 0.368 e. The fourth-order valence-electron chi connectivity index (χ4n) is 3.77. The summed E-state index contributed by atoms with van der Waals surface area (Å²) in [6.07, 6.45) is 2.76. The Labute approximate surface area is 164 Å². The smallest absolute Gasteiger partial charge is 0.239 e. The molecule has 2 aromatic rings. The number of benzene rings is 2. The molecule has 0 saturated heterocycles. The number of amides is 1. The number of rotatable bonds is 7. The van der Waals surface area contributed by atoms with Gasteiger partial charge in [-0.15, -0.1) is 0 Å². The number of anilines is 2. The number of hydrogen-bond donors (Lipinski definition) is 1. The molecule has 28 heavy (non-hydrogen) atoms. The molecule has 1 N–H and O–H groups in total. The molecule has 2 aliphatic rings. The molecule has 0 atom stereocenters. The molecule has 0 bridgehead atoms. The Bertz CT molecular complexity index is 833. The number of para-hydroxylation sites is 2. The number of hydrogen-bond acceptors (Lipinski definition) is 3. The zero-order valence-corrected chi connectivity index (χ0v) is 15.8. The average Bonchev–Trinajstić information content (AvgIpc) is 3.50. The Morgan fingerprint density at radius 2 is 1.61 bits per heavy atom. The van der Waals surface area contributed by atoms with Crippen LogP contribution in [0.2, 0.25) is 0 Å². The summed E-state index contributed by atoms with van der Waals surface area (Å²) in [5.74, 6) is -0.478. The van der Waals surface area contributed by atoms with Crippen LogP contribution in [0.3, 0.4) is 0 Å². The van der Waals surface area contributed by atoms with Crippen LogP contribution >= 0.6 is 0 Å². The van der Waals surface area contributed by atoms with Gasteiger partial charge in [-0.2, -0.15) is 0 Å². The molecule has 2 aromatic carbocycles. The molecule has 0 spiro atoms. The van der Waals surface area contributed by atoms with Gasteiger partial charge in [0.25, 0.3) is 0 Å². The van der Waals surface area contributed by atoms with Gasteiger partial charge >= 0.3 is 0 Å². The molecule has 1 aliphatic heterocycles. The van der Waals surface area contributed by atoms with Crippen molar-refractivity contribution >= 4 is 17.3 Å². The van der Waals surface area contributed by atoms with Gasteiger partial charge < -0.3 is 15.1 Å². The minimum Gasteiger partial charge on any atom is -0.368 e. The van der Waals surface area contributed by atoms with E-state index >= 15 is 0 Å². The molecule has 0 aromatic heterocycles. The van der Waals surface area contributed by atoms with E-state index in [-0.39, 0.29) is 31.0 Å². The Balaban J connectivity index is 1.34. The summed E-state index contributed by atoms with van der Waals surface area (Å²) in [6.45, 7) is 3.24. The number of halogens is 2. The maximum Gasteiger partial charge on any atom is 0.239 e. The van der Waals surface area contributed by atoms with E-state index in [2.05, 4.69) is 27.2 Å². The third-order valence-corrected chi connectivity index (χ3v) is 5.47. The lowest BCUT2D eigenvalue weighted by Crippen LogP contribution is -2.46. The fourth-order valence-corrected chi connectivity index (χ4v) is 3.77. The van der Waals surface area contributed by atoms with Crippen molar-refractivity contribution in [1.82, 2.24) is 5.32 Å². The first-order valence-corrected chi connectivity index (χ1v) is 9.90. The second-order valence-electron chi connectivity index (χ2n) is 7.60. The number of carbonyl (C=O) groups is 1. The Morgan fingerprint density at radius 1 is 0.964 bits per heavy atom. The Kier molecular flexibility index (Phi) is 5.46. The zero-order valence-electron chi connectivity index (χ0n) is 15.8. The summed E-state index contributed by atoms with van der Waals surface area (Å²) in [6, 6.07) is 12.0. The lowest BCUT2D eigenvalue weighted by atomic mass is 10.1. The van der Waals surface area contributed by atoms with Crippen LogP contribution in [0.1, 0.15) is 18.4 Å². The molecule has 0 radical (unpaired) electrons. The van der Waals surface area contributed by atoms with Crippen LogP contribution in [-0.2, 0) is 11.2 Å². The number of fused-ring (bicyclic) bond motifs is 1. The summed E-state index contributed by atoms with van der Waals surface area (Å²) in [5.41, 5.74) is 2.27. The van der Waals surface area contributed by atoms with Gasteiger partial charge in [-0.3, -0.25) is 4.79 Å². The second-order valence-corrected chi connectivity index (χ2v) is 7.60. The first kappa shape index (κ1) is 18.7. The maximum atomic E-state index is 13.7. The Hall–Kier alpha value is -2.63. The first-order chi connectivity index (χ1) is 13.6. The lowest BCUT2D eigenvalue weighted by Gasteiger charge is -2.38. The topological polar surface area (TPSA) is 35.6 Å². The van der Waals surface area contributed by atoms with E-state index in [1.165, 1.54) is 36.7 Å². The van der Waals surface area contributed by atoms with Crippen LogP contribution in [-0.4, -0.2) is 38.6 Å². The Morgan fingerprint density at radius 3 is 2.29 bits per heavy atom. The van der Waals surface area contributed by atoms with Crippen LogP contribution in [0.15, 0.2) is 42.5 Å². The molecule has 1 aliphatic carbocycles. The molecule has 1 saturated carbocycles. The monoisotopic (exact) mass is 385 g/mol. The number of nitrogens with one attached hydrogen (secondary N) is 1. The summed E-state index contributed by atoms with van der Waals surface area (Å²) in [4.78, 5) is 16.9. The highest BCUT2D eigenvalue weighted by Gasteiger charge is 2.29. The van der Waals surface area contributed by atoms with Gasteiger partial charge in [-0.05, 0) is 49.4 Å². The summed E-state index contributed by atoms with van der Waals surface area (Å²) in [5, 5.41) is 2.79. The minimum absolute atomic E-state index is 0.0156. The van der Waals surface area contributed by atoms with Crippen molar-refractivity contribution in [2.24, 2.45) is 5.92 Å². The fraction of sp³-hybridized carbons (Fsp3) is 0.409. The second kappa shape index (κ2) is 8.17. The predicted octanol–water partition coefficient (Wildman–Crippen LogP) is 3.36. The SMILES string of the molecule is O=C(CN1CCN(CC2CC2)c2ccccc21)NCCc1c(F)cccc1F. The van der Waals surface area contributed by atoms with Crippen molar-refractivity contribution < 1.29 is 13.6 Å². The zero-order chi connectivity index (χ0) is 19.5. The van der Waals surface area contributed by atoms with Crippen molar-refractivity contribution in [3.05, 3.63) is 59.7 Å². The van der Waals surface area contributed by atoms with Crippen molar-refractivity contribution in [2.75, 3.05) is 42.5 Å². The average molecular weight is 385 g/mol. The van der Waals surface area contributed by atoms with Gasteiger partial charge in [0.15, 0.2) is 0 Å². The van der Waals surface area contributed by atoms with Gasteiger partial charge in [0.2, 0.25) is 5.91 Å². The molecule has 4 nitrogen and oxygen atoms in total. The van der Waals surface area contributed by atoms with Crippen LogP contribution in [0.5, 0.6) is 0 Å². The highest BCUT2D eigenvalue weighted by atomic mass is 19.1. The molecular weight excluding hydrogens is 360 g/mol. The van der Waals surface area contributed by atoms with Gasteiger partial charge in [0.05, 0.1) is 17.9 Å². The third kappa shape index (κ3) is 4.26. The third-order valence-electron chi connectivity index (χ3n) is 5.47. The van der Waals surface area contributed by atoms with E-state index in [4.69, 9.17) is 0 Å². The van der Waals surface area contributed by atoms with E-state index in [1.807, 2.05) is 12.1 Å². The van der Waals surface area contributed by atoms with Crippen molar-refractivity contribution in [3.8, 4) is 0 Å². The summed E-state index contributed by atoms with van der Waals surface area (Å²) >= 11 is 0. The quantitative estimate of drug-likeness (QED) is 0.794. The van der Waals surface area contributed by atoms with Crippen molar-refractivity contribution in [3.63, 3.8) is 0 Å². The molecule has 148 valence electrons. The van der Waals surface area contributed by atoms with E-state index in [9.17, 15) is 13.6 Å². The first-order valence-electron chi connectivity index (χ1n) is 9.90. The van der Waals surface area contributed by atoms with Gasteiger partial charge in [0.1, 0.15) is 11.6 Å². The van der Waals surface area contributed by atoms with Gasteiger partial charge in [-0.25, -0.2) is 8.78 Å². The van der Waals surface area contributed by atoms with E-state index in [0.717, 1.165) is 31.2 Å². The molecule has 1 heterocycles.